The predicted octanol–water partition coefficient (Wildman–Crippen LogP) is 2.76. The highest BCUT2D eigenvalue weighted by molar-refractivity contribution is 14.1. The molecule has 0 aliphatic rings. The maximum Gasteiger partial charge on any atom is 0.237 e. The number of amides is 1. The van der Waals surface area contributed by atoms with Crippen molar-refractivity contribution in [2.24, 2.45) is 0 Å². The van der Waals surface area contributed by atoms with Gasteiger partial charge in [-0.05, 0) is 25.5 Å². The van der Waals surface area contributed by atoms with Gasteiger partial charge in [-0.2, -0.15) is 0 Å². The molecule has 2 nitrogen and oxygen atoms in total. The van der Waals surface area contributed by atoms with Gasteiger partial charge < -0.3 is 5.32 Å². The van der Waals surface area contributed by atoms with Crippen LogP contribution in [0.15, 0.2) is 24.3 Å². The largest absolute Gasteiger partial charge is 0.325 e. The van der Waals surface area contributed by atoms with E-state index in [1.807, 2.05) is 38.1 Å². The first-order chi connectivity index (χ1) is 6.11. The van der Waals surface area contributed by atoms with E-state index in [1.165, 1.54) is 0 Å². The Labute approximate surface area is 91.9 Å². The first-order valence-corrected chi connectivity index (χ1v) is 5.36. The van der Waals surface area contributed by atoms with Gasteiger partial charge in [-0.3, -0.25) is 4.79 Å². The monoisotopic (exact) mass is 289 g/mol. The van der Waals surface area contributed by atoms with E-state index < -0.39 is 0 Å². The van der Waals surface area contributed by atoms with Gasteiger partial charge in [-0.15, -0.1) is 0 Å². The predicted molar refractivity (Wildman–Crippen MR) is 63.3 cm³/mol. The van der Waals surface area contributed by atoms with Crippen molar-refractivity contribution >= 4 is 34.2 Å². The molecule has 0 spiro atoms. The molecule has 0 saturated heterocycles. The lowest BCUT2D eigenvalue weighted by molar-refractivity contribution is -0.115. The number of carbonyl (C=O) groups is 1. The van der Waals surface area contributed by atoms with Gasteiger partial charge in [0.05, 0.1) is 3.92 Å². The molecule has 1 N–H and O–H groups in total. The number of hydrogen-bond acceptors (Lipinski definition) is 1. The van der Waals surface area contributed by atoms with Crippen molar-refractivity contribution in [2.75, 3.05) is 5.32 Å². The fourth-order valence-electron chi connectivity index (χ4n) is 0.945. The number of rotatable bonds is 2. The SMILES string of the molecule is Cc1ccccc1NC(=O)C(C)I. The second-order valence-corrected chi connectivity index (χ2v) is 4.79. The summed E-state index contributed by atoms with van der Waals surface area (Å²) in [6.07, 6.45) is 0. The lowest BCUT2D eigenvalue weighted by atomic mass is 10.2. The maximum atomic E-state index is 11.3. The van der Waals surface area contributed by atoms with Gasteiger partial charge in [0.1, 0.15) is 0 Å². The maximum absolute atomic E-state index is 11.3. The third-order valence-corrected chi connectivity index (χ3v) is 2.33. The number of nitrogens with one attached hydrogen (secondary N) is 1. The Balaban J connectivity index is 2.75. The minimum absolute atomic E-state index is 0.00259. The Morgan fingerprint density at radius 3 is 2.62 bits per heavy atom. The second-order valence-electron chi connectivity index (χ2n) is 2.92. The lowest BCUT2D eigenvalue weighted by Crippen LogP contribution is -2.20. The number of aryl methyl sites for hydroxylation is 1. The van der Waals surface area contributed by atoms with Crippen molar-refractivity contribution in [2.45, 2.75) is 17.8 Å². The van der Waals surface area contributed by atoms with Crippen molar-refractivity contribution in [1.29, 1.82) is 0 Å². The molecule has 0 bridgehead atoms. The van der Waals surface area contributed by atoms with E-state index >= 15 is 0 Å². The van der Waals surface area contributed by atoms with Gasteiger partial charge in [-0.25, -0.2) is 0 Å². The summed E-state index contributed by atoms with van der Waals surface area (Å²) in [7, 11) is 0. The highest BCUT2D eigenvalue weighted by atomic mass is 127. The van der Waals surface area contributed by atoms with E-state index in [2.05, 4.69) is 27.9 Å². The topological polar surface area (TPSA) is 29.1 Å². The van der Waals surface area contributed by atoms with Crippen LogP contribution in [0.1, 0.15) is 12.5 Å². The van der Waals surface area contributed by atoms with Crippen LogP contribution in [-0.2, 0) is 4.79 Å². The Hall–Kier alpha value is -0.580. The molecule has 70 valence electrons. The third-order valence-electron chi connectivity index (χ3n) is 1.76. The standard InChI is InChI=1S/C10H12INO/c1-7-5-3-4-6-9(7)12-10(13)8(2)11/h3-6,8H,1-2H3,(H,12,13). The molecule has 1 aromatic carbocycles. The summed E-state index contributed by atoms with van der Waals surface area (Å²) in [6, 6.07) is 7.76. The zero-order valence-electron chi connectivity index (χ0n) is 7.67. The normalized spacial score (nSPS) is 12.2. The summed E-state index contributed by atoms with van der Waals surface area (Å²) in [4.78, 5) is 11.3. The molecule has 1 aromatic rings. The van der Waals surface area contributed by atoms with Gasteiger partial charge in [-0.1, -0.05) is 40.8 Å². The summed E-state index contributed by atoms with van der Waals surface area (Å²) < 4.78 is -0.00259. The molecule has 1 unspecified atom stereocenters. The van der Waals surface area contributed by atoms with E-state index in [1.54, 1.807) is 0 Å². The van der Waals surface area contributed by atoms with Crippen LogP contribution in [0, 0.1) is 6.92 Å². The van der Waals surface area contributed by atoms with Gasteiger partial charge in [0, 0.05) is 5.69 Å². The summed E-state index contributed by atoms with van der Waals surface area (Å²) in [5.41, 5.74) is 1.99. The quantitative estimate of drug-likeness (QED) is 0.658. The first kappa shape index (κ1) is 10.5. The Morgan fingerprint density at radius 1 is 1.46 bits per heavy atom. The van der Waals surface area contributed by atoms with Crippen LogP contribution in [0.2, 0.25) is 0 Å². The Kier molecular flexibility index (Phi) is 3.71. The number of carbonyl (C=O) groups excluding carboxylic acids is 1. The van der Waals surface area contributed by atoms with E-state index in [-0.39, 0.29) is 9.83 Å². The van der Waals surface area contributed by atoms with Gasteiger partial charge in [0.25, 0.3) is 0 Å². The molecule has 0 saturated carbocycles. The molecule has 3 heteroatoms. The molecule has 0 radical (unpaired) electrons. The molecule has 0 aliphatic heterocycles. The van der Waals surface area contributed by atoms with Crippen LogP contribution in [0.25, 0.3) is 0 Å². The average Bonchev–Trinajstić information content (AvgIpc) is 2.08. The minimum Gasteiger partial charge on any atom is -0.325 e. The molecule has 1 atom stereocenters. The summed E-state index contributed by atoms with van der Waals surface area (Å²) >= 11 is 2.09. The van der Waals surface area contributed by atoms with Crippen molar-refractivity contribution in [3.05, 3.63) is 29.8 Å². The van der Waals surface area contributed by atoms with Crippen molar-refractivity contribution in [3.63, 3.8) is 0 Å². The molecule has 0 aliphatic carbocycles. The molecular formula is C10H12INO. The van der Waals surface area contributed by atoms with Crippen LogP contribution in [0.5, 0.6) is 0 Å². The van der Waals surface area contributed by atoms with Crippen molar-refractivity contribution in [1.82, 2.24) is 0 Å². The number of alkyl halides is 1. The first-order valence-electron chi connectivity index (χ1n) is 4.12. The molecule has 1 rings (SSSR count). The molecule has 1 amide bonds. The Morgan fingerprint density at radius 2 is 2.08 bits per heavy atom. The smallest absolute Gasteiger partial charge is 0.237 e. The molecule has 13 heavy (non-hydrogen) atoms. The zero-order valence-corrected chi connectivity index (χ0v) is 9.83. The zero-order chi connectivity index (χ0) is 9.84. The molecule has 0 fully saturated rings. The summed E-state index contributed by atoms with van der Waals surface area (Å²) in [6.45, 7) is 3.85. The number of benzene rings is 1. The summed E-state index contributed by atoms with van der Waals surface area (Å²) in [5, 5.41) is 2.86. The van der Waals surface area contributed by atoms with Crippen LogP contribution in [0.4, 0.5) is 5.69 Å². The Bertz CT molecular complexity index is 310. The van der Waals surface area contributed by atoms with E-state index in [9.17, 15) is 4.79 Å². The van der Waals surface area contributed by atoms with Crippen molar-refractivity contribution < 1.29 is 4.79 Å². The minimum atomic E-state index is -0.00259. The van der Waals surface area contributed by atoms with Gasteiger partial charge in [0.15, 0.2) is 0 Å². The summed E-state index contributed by atoms with van der Waals surface area (Å²) in [5.74, 6) is 0.0508. The highest BCUT2D eigenvalue weighted by Crippen LogP contribution is 2.14. The number of halogens is 1. The van der Waals surface area contributed by atoms with Crippen LogP contribution in [-0.4, -0.2) is 9.83 Å². The second kappa shape index (κ2) is 4.60. The fraction of sp³-hybridized carbons (Fsp3) is 0.300. The van der Waals surface area contributed by atoms with Crippen LogP contribution < -0.4 is 5.32 Å². The van der Waals surface area contributed by atoms with E-state index in [0.717, 1.165) is 11.3 Å². The molecule has 0 heterocycles. The third kappa shape index (κ3) is 2.99. The van der Waals surface area contributed by atoms with Crippen LogP contribution in [0.3, 0.4) is 0 Å². The van der Waals surface area contributed by atoms with E-state index in [0.29, 0.717) is 0 Å². The average molecular weight is 289 g/mol. The number of anilines is 1. The molecular weight excluding hydrogens is 277 g/mol. The fourth-order valence-corrected chi connectivity index (χ4v) is 1.10. The lowest BCUT2D eigenvalue weighted by Gasteiger charge is -2.08. The highest BCUT2D eigenvalue weighted by Gasteiger charge is 2.08. The number of hydrogen-bond donors (Lipinski definition) is 1. The van der Waals surface area contributed by atoms with E-state index in [4.69, 9.17) is 0 Å². The van der Waals surface area contributed by atoms with Crippen molar-refractivity contribution in [3.8, 4) is 0 Å². The number of para-hydroxylation sites is 1. The molecule has 0 aromatic heterocycles. The van der Waals surface area contributed by atoms with Gasteiger partial charge in [0.2, 0.25) is 5.91 Å². The van der Waals surface area contributed by atoms with Crippen LogP contribution >= 0.6 is 22.6 Å². The van der Waals surface area contributed by atoms with Gasteiger partial charge >= 0.3 is 0 Å².